The van der Waals surface area contributed by atoms with Gasteiger partial charge in [-0.2, -0.15) is 0 Å². The highest BCUT2D eigenvalue weighted by molar-refractivity contribution is 8.27. The molecule has 2 aromatic carbocycles. The van der Waals surface area contributed by atoms with Crippen molar-refractivity contribution < 1.29 is 9.72 Å². The Morgan fingerprint density at radius 3 is 2.62 bits per heavy atom. The van der Waals surface area contributed by atoms with E-state index in [1.807, 2.05) is 32.0 Å². The summed E-state index contributed by atoms with van der Waals surface area (Å²) in [5.74, 6) is -0.246. The molecule has 0 saturated carbocycles. The van der Waals surface area contributed by atoms with Gasteiger partial charge in [0.1, 0.15) is 5.02 Å². The molecule has 0 aromatic heterocycles. The topological polar surface area (TPSA) is 63.5 Å². The number of benzene rings is 2. The van der Waals surface area contributed by atoms with Crippen molar-refractivity contribution in [3.63, 3.8) is 0 Å². The first-order valence-corrected chi connectivity index (χ1v) is 9.17. The summed E-state index contributed by atoms with van der Waals surface area (Å²) in [5.41, 5.74) is 3.10. The molecule has 1 amide bonds. The highest BCUT2D eigenvalue weighted by atomic mass is 35.5. The monoisotopic (exact) mass is 404 g/mol. The van der Waals surface area contributed by atoms with Crippen LogP contribution in [0.1, 0.15) is 16.7 Å². The number of aryl methyl sites for hydroxylation is 2. The Bertz CT molecular complexity index is 988. The van der Waals surface area contributed by atoms with Gasteiger partial charge in [-0.25, -0.2) is 0 Å². The lowest BCUT2D eigenvalue weighted by molar-refractivity contribution is -0.384. The summed E-state index contributed by atoms with van der Waals surface area (Å²) in [6, 6.07) is 10.2. The van der Waals surface area contributed by atoms with Gasteiger partial charge < -0.3 is 0 Å². The van der Waals surface area contributed by atoms with Crippen LogP contribution in [-0.2, 0) is 4.79 Å². The molecule has 0 spiro atoms. The average molecular weight is 405 g/mol. The first-order valence-electron chi connectivity index (χ1n) is 7.57. The SMILES string of the molecule is Cc1ccc(N2C(=O)/C(=C/c3ccc(Cl)c([N+](=O)[O-])c3)SC2=S)c(C)c1. The predicted octanol–water partition coefficient (Wildman–Crippen LogP) is 5.27. The Morgan fingerprint density at radius 2 is 1.96 bits per heavy atom. The van der Waals surface area contributed by atoms with Gasteiger partial charge in [-0.05, 0) is 43.2 Å². The molecule has 1 heterocycles. The number of thiocarbonyl (C=S) groups is 1. The van der Waals surface area contributed by atoms with E-state index in [0.717, 1.165) is 16.8 Å². The molecule has 0 bridgehead atoms. The summed E-state index contributed by atoms with van der Waals surface area (Å²) in [5, 5.41) is 11.1. The van der Waals surface area contributed by atoms with Crippen LogP contribution in [0.5, 0.6) is 0 Å². The number of amides is 1. The highest BCUT2D eigenvalue weighted by Gasteiger charge is 2.34. The minimum Gasteiger partial charge on any atom is -0.268 e. The van der Waals surface area contributed by atoms with Crippen LogP contribution in [0.3, 0.4) is 0 Å². The Hall–Kier alpha value is -2.22. The zero-order valence-electron chi connectivity index (χ0n) is 13.9. The number of anilines is 1. The molecule has 8 heteroatoms. The fraction of sp³-hybridized carbons (Fsp3) is 0.111. The van der Waals surface area contributed by atoms with Crippen molar-refractivity contribution in [1.82, 2.24) is 0 Å². The van der Waals surface area contributed by atoms with Crippen LogP contribution in [0.25, 0.3) is 6.08 Å². The minimum atomic E-state index is -0.555. The van der Waals surface area contributed by atoms with E-state index in [1.165, 1.54) is 28.8 Å². The number of carbonyl (C=O) groups is 1. The smallest absolute Gasteiger partial charge is 0.268 e. The average Bonchev–Trinajstić information content (AvgIpc) is 2.83. The third-order valence-electron chi connectivity index (χ3n) is 3.85. The number of halogens is 1. The van der Waals surface area contributed by atoms with Gasteiger partial charge >= 0.3 is 0 Å². The van der Waals surface area contributed by atoms with E-state index < -0.39 is 4.92 Å². The van der Waals surface area contributed by atoms with Gasteiger partial charge in [-0.3, -0.25) is 19.8 Å². The van der Waals surface area contributed by atoms with Crippen LogP contribution in [0.4, 0.5) is 11.4 Å². The molecule has 1 fully saturated rings. The lowest BCUT2D eigenvalue weighted by atomic mass is 10.1. The predicted molar refractivity (Wildman–Crippen MR) is 110 cm³/mol. The zero-order valence-corrected chi connectivity index (χ0v) is 16.2. The molecular weight excluding hydrogens is 392 g/mol. The van der Waals surface area contributed by atoms with Crippen molar-refractivity contribution in [3.05, 3.63) is 73.1 Å². The second-order valence-corrected chi connectivity index (χ2v) is 7.86. The molecule has 0 aliphatic carbocycles. The summed E-state index contributed by atoms with van der Waals surface area (Å²) >= 11 is 12.4. The molecule has 132 valence electrons. The molecule has 2 aromatic rings. The first-order chi connectivity index (χ1) is 12.3. The van der Waals surface area contributed by atoms with Gasteiger partial charge in [-0.15, -0.1) is 0 Å². The molecule has 1 aliphatic rings. The Morgan fingerprint density at radius 1 is 1.23 bits per heavy atom. The van der Waals surface area contributed by atoms with Crippen LogP contribution in [-0.4, -0.2) is 15.2 Å². The second-order valence-electron chi connectivity index (χ2n) is 5.78. The van der Waals surface area contributed by atoms with E-state index in [2.05, 4.69) is 0 Å². The maximum Gasteiger partial charge on any atom is 0.288 e. The number of thioether (sulfide) groups is 1. The fourth-order valence-electron chi connectivity index (χ4n) is 2.64. The normalized spacial score (nSPS) is 15.8. The van der Waals surface area contributed by atoms with Crippen molar-refractivity contribution in [2.45, 2.75) is 13.8 Å². The minimum absolute atomic E-state index is 0.0509. The van der Waals surface area contributed by atoms with Gasteiger partial charge in [0.15, 0.2) is 4.32 Å². The van der Waals surface area contributed by atoms with Crippen LogP contribution in [0, 0.1) is 24.0 Å². The molecule has 3 rings (SSSR count). The second kappa shape index (κ2) is 7.19. The number of hydrogen-bond acceptors (Lipinski definition) is 5. The number of carbonyl (C=O) groups excluding carboxylic acids is 1. The van der Waals surface area contributed by atoms with Gasteiger partial charge in [0, 0.05) is 6.07 Å². The van der Waals surface area contributed by atoms with E-state index in [0.29, 0.717) is 14.8 Å². The summed E-state index contributed by atoms with van der Waals surface area (Å²) in [4.78, 5) is 25.2. The molecular formula is C18H13ClN2O3S2. The largest absolute Gasteiger partial charge is 0.288 e. The quantitative estimate of drug-likeness (QED) is 0.302. The van der Waals surface area contributed by atoms with Gasteiger partial charge in [-0.1, -0.05) is 59.3 Å². The van der Waals surface area contributed by atoms with Crippen LogP contribution in [0.15, 0.2) is 41.3 Å². The Balaban J connectivity index is 1.97. The molecule has 26 heavy (non-hydrogen) atoms. The van der Waals surface area contributed by atoms with Crippen molar-refractivity contribution in [2.24, 2.45) is 0 Å². The van der Waals surface area contributed by atoms with E-state index in [-0.39, 0.29) is 16.6 Å². The first kappa shape index (κ1) is 18.6. The standard InChI is InChI=1S/C18H13ClN2O3S2/c1-10-3-6-14(11(2)7-10)20-17(22)16(26-18(20)25)9-12-4-5-13(19)15(8-12)21(23)24/h3-9H,1-2H3/b16-9-. The summed E-state index contributed by atoms with van der Waals surface area (Å²) in [6.07, 6.45) is 1.59. The number of nitro benzene ring substituents is 1. The third-order valence-corrected chi connectivity index (χ3v) is 5.47. The van der Waals surface area contributed by atoms with E-state index in [4.69, 9.17) is 23.8 Å². The fourth-order valence-corrected chi connectivity index (χ4v) is 4.11. The molecule has 0 N–H and O–H groups in total. The number of hydrogen-bond donors (Lipinski definition) is 0. The van der Waals surface area contributed by atoms with Gasteiger partial charge in [0.2, 0.25) is 0 Å². The molecule has 5 nitrogen and oxygen atoms in total. The maximum atomic E-state index is 12.8. The summed E-state index contributed by atoms with van der Waals surface area (Å²) in [6.45, 7) is 3.90. The zero-order chi connectivity index (χ0) is 19.0. The third kappa shape index (κ3) is 3.51. The molecule has 1 aliphatic heterocycles. The van der Waals surface area contributed by atoms with Crippen LogP contribution in [0.2, 0.25) is 5.02 Å². The highest BCUT2D eigenvalue weighted by Crippen LogP contribution is 2.38. The van der Waals surface area contributed by atoms with Crippen LogP contribution < -0.4 is 4.90 Å². The molecule has 0 atom stereocenters. The van der Waals surface area contributed by atoms with Crippen molar-refractivity contribution >= 4 is 63.3 Å². The Labute approximate surface area is 164 Å². The molecule has 0 radical (unpaired) electrons. The van der Waals surface area contributed by atoms with Crippen molar-refractivity contribution in [3.8, 4) is 0 Å². The Kier molecular flexibility index (Phi) is 5.13. The van der Waals surface area contributed by atoms with Crippen molar-refractivity contribution in [1.29, 1.82) is 0 Å². The number of nitrogens with zero attached hydrogens (tertiary/aromatic N) is 2. The summed E-state index contributed by atoms with van der Waals surface area (Å²) in [7, 11) is 0. The van der Waals surface area contributed by atoms with Crippen LogP contribution >= 0.6 is 35.6 Å². The number of nitro groups is 1. The van der Waals surface area contributed by atoms with Crippen molar-refractivity contribution in [2.75, 3.05) is 4.90 Å². The van der Waals surface area contributed by atoms with Gasteiger partial charge in [0.25, 0.3) is 11.6 Å². The van der Waals surface area contributed by atoms with Gasteiger partial charge in [0.05, 0.1) is 15.5 Å². The summed E-state index contributed by atoms with van der Waals surface area (Å²) < 4.78 is 0.427. The van der Waals surface area contributed by atoms with E-state index in [1.54, 1.807) is 12.1 Å². The molecule has 1 saturated heterocycles. The maximum absolute atomic E-state index is 12.8. The lowest BCUT2D eigenvalue weighted by Gasteiger charge is -2.17. The molecule has 0 unspecified atom stereocenters. The van der Waals surface area contributed by atoms with E-state index in [9.17, 15) is 14.9 Å². The lowest BCUT2D eigenvalue weighted by Crippen LogP contribution is -2.28. The van der Waals surface area contributed by atoms with E-state index >= 15 is 0 Å². The number of rotatable bonds is 3.